The Morgan fingerprint density at radius 3 is 2.19 bits per heavy atom. The predicted molar refractivity (Wildman–Crippen MR) is 68.7 cm³/mol. The average molecular weight is 231 g/mol. The quantitative estimate of drug-likeness (QED) is 0.585. The Morgan fingerprint density at radius 1 is 1.12 bits per heavy atom. The summed E-state index contributed by atoms with van der Waals surface area (Å²) >= 11 is 0. The van der Waals surface area contributed by atoms with Gasteiger partial charge in [-0.2, -0.15) is 0 Å². The number of hydrogen-bond donors (Lipinski definition) is 1. The van der Waals surface area contributed by atoms with Crippen molar-refractivity contribution in [1.82, 2.24) is 4.90 Å². The van der Waals surface area contributed by atoms with Gasteiger partial charge in [0.1, 0.15) is 0 Å². The van der Waals surface area contributed by atoms with Gasteiger partial charge in [-0.3, -0.25) is 4.90 Å². The Kier molecular flexibility index (Phi) is 9.99. The van der Waals surface area contributed by atoms with Gasteiger partial charge in [-0.1, -0.05) is 27.7 Å². The molecule has 0 saturated carbocycles. The lowest BCUT2D eigenvalue weighted by Gasteiger charge is -2.31. The second-order valence-electron chi connectivity index (χ2n) is 4.70. The van der Waals surface area contributed by atoms with Crippen LogP contribution in [0.3, 0.4) is 0 Å². The van der Waals surface area contributed by atoms with E-state index < -0.39 is 0 Å². The molecule has 0 aromatic carbocycles. The van der Waals surface area contributed by atoms with Gasteiger partial charge in [-0.05, 0) is 18.8 Å². The molecule has 16 heavy (non-hydrogen) atoms. The van der Waals surface area contributed by atoms with E-state index in [1.807, 2.05) is 0 Å². The summed E-state index contributed by atoms with van der Waals surface area (Å²) in [6.07, 6.45) is 2.40. The second kappa shape index (κ2) is 10.1. The van der Waals surface area contributed by atoms with Gasteiger partial charge in [0.05, 0.1) is 19.8 Å². The maximum Gasteiger partial charge on any atom is 0.0698 e. The number of rotatable bonds is 10. The Morgan fingerprint density at radius 2 is 1.75 bits per heavy atom. The van der Waals surface area contributed by atoms with Crippen molar-refractivity contribution in [3.8, 4) is 0 Å². The first-order valence-corrected chi connectivity index (χ1v) is 6.58. The molecule has 0 aromatic heterocycles. The highest BCUT2D eigenvalue weighted by molar-refractivity contribution is 4.70. The second-order valence-corrected chi connectivity index (χ2v) is 4.70. The fourth-order valence-electron chi connectivity index (χ4n) is 2.05. The Labute approximate surface area is 101 Å². The van der Waals surface area contributed by atoms with Gasteiger partial charge in [0.25, 0.3) is 0 Å². The molecule has 0 unspecified atom stereocenters. The minimum absolute atomic E-state index is 0.120. The predicted octanol–water partition coefficient (Wildman–Crippen LogP) is 2.14. The van der Waals surface area contributed by atoms with E-state index in [1.54, 1.807) is 0 Å². The van der Waals surface area contributed by atoms with Gasteiger partial charge in [0, 0.05) is 19.1 Å². The fraction of sp³-hybridized carbons (Fsp3) is 1.00. The van der Waals surface area contributed by atoms with Crippen LogP contribution in [0.4, 0.5) is 0 Å². The van der Waals surface area contributed by atoms with Gasteiger partial charge in [-0.15, -0.1) is 0 Å². The molecule has 0 bridgehead atoms. The molecule has 0 fully saturated rings. The number of nitrogens with zero attached hydrogens (tertiary/aromatic N) is 1. The van der Waals surface area contributed by atoms with Crippen LogP contribution < -0.4 is 0 Å². The van der Waals surface area contributed by atoms with E-state index in [0.29, 0.717) is 18.6 Å². The lowest BCUT2D eigenvalue weighted by atomic mass is 10.1. The standard InChI is InChI=1S/C13H29NO2/c1-5-13(6-2)14(11-12(3)4)7-9-16-10-8-15/h12-13,15H,5-11H2,1-4H3. The molecule has 0 spiro atoms. The lowest BCUT2D eigenvalue weighted by molar-refractivity contribution is 0.0576. The summed E-state index contributed by atoms with van der Waals surface area (Å²) < 4.78 is 5.34. The number of ether oxygens (including phenoxy) is 1. The summed E-state index contributed by atoms with van der Waals surface area (Å²) in [7, 11) is 0. The van der Waals surface area contributed by atoms with Crippen molar-refractivity contribution >= 4 is 0 Å². The molecule has 0 amide bonds. The monoisotopic (exact) mass is 231 g/mol. The van der Waals surface area contributed by atoms with Crippen molar-refractivity contribution in [3.63, 3.8) is 0 Å². The third-order valence-electron chi connectivity index (χ3n) is 2.82. The molecular weight excluding hydrogens is 202 g/mol. The molecule has 0 saturated heterocycles. The van der Waals surface area contributed by atoms with E-state index in [4.69, 9.17) is 9.84 Å². The first-order chi connectivity index (χ1) is 7.65. The first kappa shape index (κ1) is 15.9. The first-order valence-electron chi connectivity index (χ1n) is 6.58. The van der Waals surface area contributed by atoms with Crippen LogP contribution in [-0.4, -0.2) is 49.0 Å². The Balaban J connectivity index is 3.98. The SMILES string of the molecule is CCC(CC)N(CCOCCO)CC(C)C. The number of hydrogen-bond acceptors (Lipinski definition) is 3. The maximum absolute atomic E-state index is 8.64. The third kappa shape index (κ3) is 7.20. The molecule has 0 aromatic rings. The van der Waals surface area contributed by atoms with E-state index in [2.05, 4.69) is 32.6 Å². The van der Waals surface area contributed by atoms with Crippen molar-refractivity contribution in [2.75, 3.05) is 32.9 Å². The largest absolute Gasteiger partial charge is 0.394 e. The summed E-state index contributed by atoms with van der Waals surface area (Å²) in [5.74, 6) is 0.693. The molecule has 0 aliphatic heterocycles. The van der Waals surface area contributed by atoms with Gasteiger partial charge in [0.2, 0.25) is 0 Å². The third-order valence-corrected chi connectivity index (χ3v) is 2.82. The van der Waals surface area contributed by atoms with Crippen LogP contribution in [0.25, 0.3) is 0 Å². The van der Waals surface area contributed by atoms with E-state index in [9.17, 15) is 0 Å². The maximum atomic E-state index is 8.64. The van der Waals surface area contributed by atoms with E-state index in [-0.39, 0.29) is 6.61 Å². The minimum Gasteiger partial charge on any atom is -0.394 e. The van der Waals surface area contributed by atoms with Crippen LogP contribution >= 0.6 is 0 Å². The molecule has 0 aliphatic rings. The molecule has 0 rings (SSSR count). The van der Waals surface area contributed by atoms with Crippen molar-refractivity contribution in [1.29, 1.82) is 0 Å². The van der Waals surface area contributed by atoms with Crippen LogP contribution in [0.5, 0.6) is 0 Å². The van der Waals surface area contributed by atoms with Crippen molar-refractivity contribution in [3.05, 3.63) is 0 Å². The van der Waals surface area contributed by atoms with Crippen LogP contribution in [-0.2, 0) is 4.74 Å². The van der Waals surface area contributed by atoms with Crippen LogP contribution in [0.1, 0.15) is 40.5 Å². The molecule has 3 heteroatoms. The summed E-state index contributed by atoms with van der Waals surface area (Å²) in [5.41, 5.74) is 0. The Bertz CT molecular complexity index is 147. The normalized spacial score (nSPS) is 12.0. The summed E-state index contributed by atoms with van der Waals surface area (Å²) in [6.45, 7) is 12.4. The molecule has 3 nitrogen and oxygen atoms in total. The zero-order valence-corrected chi connectivity index (χ0v) is 11.4. The van der Waals surface area contributed by atoms with Gasteiger partial charge in [0.15, 0.2) is 0 Å². The van der Waals surface area contributed by atoms with E-state index in [1.165, 1.54) is 12.8 Å². The molecule has 0 heterocycles. The fourth-order valence-corrected chi connectivity index (χ4v) is 2.05. The van der Waals surface area contributed by atoms with Crippen LogP contribution in [0.15, 0.2) is 0 Å². The smallest absolute Gasteiger partial charge is 0.0698 e. The van der Waals surface area contributed by atoms with Gasteiger partial charge < -0.3 is 9.84 Å². The van der Waals surface area contributed by atoms with Crippen LogP contribution in [0.2, 0.25) is 0 Å². The summed E-state index contributed by atoms with van der Waals surface area (Å²) in [6, 6.07) is 0.667. The minimum atomic E-state index is 0.120. The van der Waals surface area contributed by atoms with Crippen molar-refractivity contribution in [2.45, 2.75) is 46.6 Å². The van der Waals surface area contributed by atoms with E-state index in [0.717, 1.165) is 19.7 Å². The van der Waals surface area contributed by atoms with Crippen molar-refractivity contribution < 1.29 is 9.84 Å². The molecule has 0 radical (unpaired) electrons. The Hall–Kier alpha value is -0.120. The molecule has 0 atom stereocenters. The molecule has 1 N–H and O–H groups in total. The summed E-state index contributed by atoms with van der Waals surface area (Å²) in [5, 5.41) is 8.64. The highest BCUT2D eigenvalue weighted by Crippen LogP contribution is 2.10. The molecule has 98 valence electrons. The van der Waals surface area contributed by atoms with Crippen LogP contribution in [0, 0.1) is 5.92 Å². The zero-order chi connectivity index (χ0) is 12.4. The average Bonchev–Trinajstić information content (AvgIpc) is 2.25. The molecule has 0 aliphatic carbocycles. The number of aliphatic hydroxyl groups is 1. The molecular formula is C13H29NO2. The highest BCUT2D eigenvalue weighted by atomic mass is 16.5. The van der Waals surface area contributed by atoms with E-state index >= 15 is 0 Å². The topological polar surface area (TPSA) is 32.7 Å². The highest BCUT2D eigenvalue weighted by Gasteiger charge is 2.15. The summed E-state index contributed by atoms with van der Waals surface area (Å²) in [4.78, 5) is 2.52. The van der Waals surface area contributed by atoms with Gasteiger partial charge in [-0.25, -0.2) is 0 Å². The van der Waals surface area contributed by atoms with Crippen molar-refractivity contribution in [2.24, 2.45) is 5.92 Å². The lowest BCUT2D eigenvalue weighted by Crippen LogP contribution is -2.39. The van der Waals surface area contributed by atoms with Gasteiger partial charge >= 0.3 is 0 Å². The number of aliphatic hydroxyl groups excluding tert-OH is 1. The zero-order valence-electron chi connectivity index (χ0n) is 11.4.